The molecule has 200 valence electrons. The Kier molecular flexibility index (Phi) is 11.7. The zero-order chi connectivity index (χ0) is 27.3. The SMILES string of the molecule is CC(C)(C)c1ccc(/C=N/NC(=O)CCCCCCCC(=O)N/N=C/c2ccc(C(C)(C)C)cc2)cc1. The van der Waals surface area contributed by atoms with Gasteiger partial charge < -0.3 is 0 Å². The number of benzene rings is 2. The first-order valence-corrected chi connectivity index (χ1v) is 13.3. The molecule has 2 aromatic rings. The number of carbonyl (C=O) groups is 2. The van der Waals surface area contributed by atoms with Crippen LogP contribution in [0.15, 0.2) is 58.7 Å². The van der Waals surface area contributed by atoms with Gasteiger partial charge in [-0.05, 0) is 45.9 Å². The standard InChI is InChI=1S/C31H44N4O2/c1-30(2,3)26-18-14-24(15-19-26)22-32-34-28(36)12-10-8-7-9-11-13-29(37)35-33-23-25-16-20-27(21-17-25)31(4,5)6/h14-23H,7-13H2,1-6H3,(H,34,36)(H,35,37)/b32-22+,33-23+. The van der Waals surface area contributed by atoms with Gasteiger partial charge in [-0.15, -0.1) is 0 Å². The Balaban J connectivity index is 1.52. The lowest BCUT2D eigenvalue weighted by molar-refractivity contribution is -0.121. The van der Waals surface area contributed by atoms with Crippen LogP contribution in [0.4, 0.5) is 0 Å². The number of hydrogen-bond acceptors (Lipinski definition) is 4. The summed E-state index contributed by atoms with van der Waals surface area (Å²) >= 11 is 0. The maximum absolute atomic E-state index is 12.0. The lowest BCUT2D eigenvalue weighted by Crippen LogP contribution is -2.17. The summed E-state index contributed by atoms with van der Waals surface area (Å²) in [6.07, 6.45) is 8.76. The fourth-order valence-electron chi connectivity index (χ4n) is 3.71. The number of nitrogens with zero attached hydrogens (tertiary/aromatic N) is 2. The van der Waals surface area contributed by atoms with Crippen LogP contribution in [0, 0.1) is 0 Å². The summed E-state index contributed by atoms with van der Waals surface area (Å²) in [7, 11) is 0. The van der Waals surface area contributed by atoms with E-state index in [0.717, 1.165) is 43.2 Å². The van der Waals surface area contributed by atoms with Gasteiger partial charge in [0.1, 0.15) is 0 Å². The Bertz CT molecular complexity index is 955. The molecule has 0 aromatic heterocycles. The number of rotatable bonds is 12. The third kappa shape index (κ3) is 12.0. The normalized spacial score (nSPS) is 12.3. The average Bonchev–Trinajstić information content (AvgIpc) is 2.83. The Morgan fingerprint density at radius 2 is 0.919 bits per heavy atom. The zero-order valence-electron chi connectivity index (χ0n) is 23.4. The number of unbranched alkanes of at least 4 members (excludes halogenated alkanes) is 4. The molecule has 0 unspecified atom stereocenters. The molecule has 6 nitrogen and oxygen atoms in total. The smallest absolute Gasteiger partial charge is 0.240 e. The van der Waals surface area contributed by atoms with Gasteiger partial charge in [0.05, 0.1) is 12.4 Å². The van der Waals surface area contributed by atoms with Crippen molar-refractivity contribution >= 4 is 24.2 Å². The number of nitrogens with one attached hydrogen (secondary N) is 2. The van der Waals surface area contributed by atoms with Gasteiger partial charge in [0, 0.05) is 12.8 Å². The number of amides is 2. The van der Waals surface area contributed by atoms with Crippen molar-refractivity contribution in [1.82, 2.24) is 10.9 Å². The van der Waals surface area contributed by atoms with E-state index in [1.54, 1.807) is 12.4 Å². The minimum atomic E-state index is -0.0761. The van der Waals surface area contributed by atoms with Gasteiger partial charge in [-0.3, -0.25) is 9.59 Å². The van der Waals surface area contributed by atoms with E-state index in [9.17, 15) is 9.59 Å². The number of hydrazone groups is 2. The van der Waals surface area contributed by atoms with Crippen molar-refractivity contribution in [3.63, 3.8) is 0 Å². The highest BCUT2D eigenvalue weighted by Crippen LogP contribution is 2.22. The second-order valence-electron chi connectivity index (χ2n) is 11.6. The Labute approximate surface area is 223 Å². The minimum absolute atomic E-state index is 0.0761. The first-order chi connectivity index (χ1) is 17.4. The first kappa shape index (κ1) is 29.9. The molecule has 0 heterocycles. The second-order valence-corrected chi connectivity index (χ2v) is 11.6. The van der Waals surface area contributed by atoms with Crippen molar-refractivity contribution in [2.24, 2.45) is 10.2 Å². The van der Waals surface area contributed by atoms with E-state index in [-0.39, 0.29) is 22.6 Å². The van der Waals surface area contributed by atoms with Crippen LogP contribution in [0.1, 0.15) is 109 Å². The van der Waals surface area contributed by atoms with Crippen LogP contribution < -0.4 is 10.9 Å². The van der Waals surface area contributed by atoms with Crippen LogP contribution in [0.5, 0.6) is 0 Å². The van der Waals surface area contributed by atoms with Crippen molar-refractivity contribution in [2.45, 2.75) is 97.3 Å². The van der Waals surface area contributed by atoms with Gasteiger partial charge in [-0.2, -0.15) is 10.2 Å². The maximum Gasteiger partial charge on any atom is 0.240 e. The van der Waals surface area contributed by atoms with Crippen LogP contribution in [0.25, 0.3) is 0 Å². The molecule has 37 heavy (non-hydrogen) atoms. The summed E-state index contributed by atoms with van der Waals surface area (Å²) in [4.78, 5) is 23.9. The molecule has 6 heteroatoms. The lowest BCUT2D eigenvalue weighted by atomic mass is 9.87. The van der Waals surface area contributed by atoms with Crippen LogP contribution in [0.3, 0.4) is 0 Å². The van der Waals surface area contributed by atoms with E-state index in [1.165, 1.54) is 11.1 Å². The van der Waals surface area contributed by atoms with Gasteiger partial charge in [-0.1, -0.05) is 109 Å². The van der Waals surface area contributed by atoms with E-state index >= 15 is 0 Å². The molecule has 0 aliphatic heterocycles. The lowest BCUT2D eigenvalue weighted by Gasteiger charge is -2.18. The van der Waals surface area contributed by atoms with Gasteiger partial charge in [-0.25, -0.2) is 10.9 Å². The van der Waals surface area contributed by atoms with Gasteiger partial charge >= 0.3 is 0 Å². The van der Waals surface area contributed by atoms with Crippen molar-refractivity contribution in [1.29, 1.82) is 0 Å². The molecule has 0 bridgehead atoms. The van der Waals surface area contributed by atoms with E-state index in [1.807, 2.05) is 24.3 Å². The summed E-state index contributed by atoms with van der Waals surface area (Å²) in [6.45, 7) is 13.1. The van der Waals surface area contributed by atoms with E-state index < -0.39 is 0 Å². The van der Waals surface area contributed by atoms with Crippen molar-refractivity contribution in [2.75, 3.05) is 0 Å². The highest BCUT2D eigenvalue weighted by molar-refractivity contribution is 5.83. The van der Waals surface area contributed by atoms with E-state index in [4.69, 9.17) is 0 Å². The average molecular weight is 505 g/mol. The fraction of sp³-hybridized carbons (Fsp3) is 0.484. The van der Waals surface area contributed by atoms with Gasteiger partial charge in [0.15, 0.2) is 0 Å². The topological polar surface area (TPSA) is 82.9 Å². The Morgan fingerprint density at radius 3 is 1.24 bits per heavy atom. The van der Waals surface area contributed by atoms with Crippen LogP contribution in [0.2, 0.25) is 0 Å². The van der Waals surface area contributed by atoms with E-state index in [0.29, 0.717) is 12.8 Å². The molecule has 2 N–H and O–H groups in total. The number of carbonyl (C=O) groups excluding carboxylic acids is 2. The van der Waals surface area contributed by atoms with Crippen molar-refractivity contribution < 1.29 is 9.59 Å². The molecular formula is C31H44N4O2. The molecule has 0 saturated carbocycles. The molecule has 0 spiro atoms. The summed E-state index contributed by atoms with van der Waals surface area (Å²) in [5.41, 5.74) is 9.87. The van der Waals surface area contributed by atoms with Crippen LogP contribution in [-0.2, 0) is 20.4 Å². The predicted molar refractivity (Wildman–Crippen MR) is 154 cm³/mol. The molecule has 2 rings (SSSR count). The van der Waals surface area contributed by atoms with Crippen LogP contribution >= 0.6 is 0 Å². The molecule has 2 amide bonds. The summed E-state index contributed by atoms with van der Waals surface area (Å²) in [5, 5.41) is 8.12. The van der Waals surface area contributed by atoms with E-state index in [2.05, 4.69) is 86.9 Å². The highest BCUT2D eigenvalue weighted by atomic mass is 16.2. The van der Waals surface area contributed by atoms with Gasteiger partial charge in [0.2, 0.25) is 11.8 Å². The fourth-order valence-corrected chi connectivity index (χ4v) is 3.71. The Hall–Kier alpha value is -3.28. The number of hydrogen-bond donors (Lipinski definition) is 2. The van der Waals surface area contributed by atoms with Crippen LogP contribution in [-0.4, -0.2) is 24.2 Å². The van der Waals surface area contributed by atoms with Crippen molar-refractivity contribution in [3.05, 3.63) is 70.8 Å². The molecule has 0 atom stereocenters. The molecule has 0 saturated heterocycles. The summed E-state index contributed by atoms with van der Waals surface area (Å²) in [5.74, 6) is -0.152. The second kappa shape index (κ2) is 14.5. The molecule has 0 radical (unpaired) electrons. The quantitative estimate of drug-likeness (QED) is 0.194. The van der Waals surface area contributed by atoms with Gasteiger partial charge in [0.25, 0.3) is 0 Å². The molecule has 0 aliphatic carbocycles. The highest BCUT2D eigenvalue weighted by Gasteiger charge is 2.13. The maximum atomic E-state index is 12.0. The zero-order valence-corrected chi connectivity index (χ0v) is 23.4. The molecule has 0 fully saturated rings. The predicted octanol–water partition coefficient (Wildman–Crippen LogP) is 6.61. The molecule has 2 aromatic carbocycles. The summed E-state index contributed by atoms with van der Waals surface area (Å²) < 4.78 is 0. The Morgan fingerprint density at radius 1 is 0.595 bits per heavy atom. The van der Waals surface area contributed by atoms with Crippen molar-refractivity contribution in [3.8, 4) is 0 Å². The monoisotopic (exact) mass is 504 g/mol. The molecule has 0 aliphatic rings. The molecular weight excluding hydrogens is 460 g/mol. The third-order valence-corrected chi connectivity index (χ3v) is 6.17. The summed E-state index contributed by atoms with van der Waals surface area (Å²) in [6, 6.07) is 16.4. The first-order valence-electron chi connectivity index (χ1n) is 13.3. The largest absolute Gasteiger partial charge is 0.273 e. The minimum Gasteiger partial charge on any atom is -0.273 e. The third-order valence-electron chi connectivity index (χ3n) is 6.17.